The monoisotopic (exact) mass is 92.0 g/mol. The molecule has 0 saturated carbocycles. The van der Waals surface area contributed by atoms with Crippen molar-refractivity contribution in [2.24, 2.45) is 0 Å². The van der Waals surface area contributed by atoms with Crippen molar-refractivity contribution in [3.8, 4) is 0 Å². The molecule has 0 saturated heterocycles. The molecule has 0 spiro atoms. The van der Waals surface area contributed by atoms with Gasteiger partial charge >= 0.3 is 0 Å². The third kappa shape index (κ3) is 3.88. The minimum Gasteiger partial charge on any atom is -0.442 e. The highest BCUT2D eigenvalue weighted by Gasteiger charge is 1.95. The van der Waals surface area contributed by atoms with Crippen LogP contribution in [0, 0.1) is 0 Å². The molecule has 0 aromatic heterocycles. The standard InChI is InChI=1S/C2H3BF2O/c3-6-1-2(4)5/h2H,1H2. The lowest BCUT2D eigenvalue weighted by Crippen LogP contribution is -2.00. The van der Waals surface area contributed by atoms with Gasteiger partial charge in [-0.3, -0.25) is 0 Å². The Hall–Kier alpha value is -0.115. The Morgan fingerprint density at radius 1 is 1.67 bits per heavy atom. The summed E-state index contributed by atoms with van der Waals surface area (Å²) < 4.78 is 25.2. The van der Waals surface area contributed by atoms with Crippen LogP contribution in [0.25, 0.3) is 0 Å². The number of alkyl halides is 2. The van der Waals surface area contributed by atoms with Crippen LogP contribution >= 0.6 is 0 Å². The lowest BCUT2D eigenvalue weighted by atomic mass is 10.6. The van der Waals surface area contributed by atoms with E-state index in [0.717, 1.165) is 0 Å². The molecule has 0 aromatic carbocycles. The van der Waals surface area contributed by atoms with Gasteiger partial charge < -0.3 is 4.65 Å². The van der Waals surface area contributed by atoms with Crippen LogP contribution in [0.2, 0.25) is 0 Å². The van der Waals surface area contributed by atoms with Gasteiger partial charge in [-0.05, 0) is 0 Å². The summed E-state index contributed by atoms with van der Waals surface area (Å²) in [4.78, 5) is 0. The summed E-state index contributed by atoms with van der Waals surface area (Å²) in [5, 5.41) is 0. The van der Waals surface area contributed by atoms with Crippen LogP contribution in [0.1, 0.15) is 0 Å². The predicted molar refractivity (Wildman–Crippen MR) is 17.7 cm³/mol. The molecule has 0 atom stereocenters. The second kappa shape index (κ2) is 3.09. The normalized spacial score (nSPS) is 9.83. The molecule has 0 aliphatic heterocycles. The van der Waals surface area contributed by atoms with E-state index in [9.17, 15) is 8.78 Å². The first-order valence-corrected chi connectivity index (χ1v) is 1.37. The van der Waals surface area contributed by atoms with Crippen LogP contribution in [0.4, 0.5) is 8.78 Å². The van der Waals surface area contributed by atoms with E-state index in [1.807, 2.05) is 0 Å². The molecule has 6 heavy (non-hydrogen) atoms. The fraction of sp³-hybridized carbons (Fsp3) is 1.00. The zero-order valence-corrected chi connectivity index (χ0v) is 3.03. The molecule has 0 amide bonds. The minimum absolute atomic E-state index is 0.681. The molecule has 34 valence electrons. The van der Waals surface area contributed by atoms with Gasteiger partial charge in [0, 0.05) is 0 Å². The summed E-state index contributed by atoms with van der Waals surface area (Å²) >= 11 is 0. The molecule has 0 heterocycles. The van der Waals surface area contributed by atoms with Crippen molar-refractivity contribution >= 4 is 8.05 Å². The molecular weight excluding hydrogens is 88.8 g/mol. The van der Waals surface area contributed by atoms with E-state index < -0.39 is 13.0 Å². The van der Waals surface area contributed by atoms with E-state index in [1.54, 1.807) is 0 Å². The zero-order chi connectivity index (χ0) is 4.99. The molecular formula is C2H3BF2O. The zero-order valence-electron chi connectivity index (χ0n) is 3.03. The Labute approximate surface area is 35.7 Å². The molecule has 0 bridgehead atoms. The van der Waals surface area contributed by atoms with Crippen molar-refractivity contribution in [2.45, 2.75) is 6.43 Å². The van der Waals surface area contributed by atoms with Crippen LogP contribution in [-0.2, 0) is 4.65 Å². The number of hydrogen-bond acceptors (Lipinski definition) is 1. The smallest absolute Gasteiger partial charge is 0.282 e. The maximum atomic E-state index is 10.8. The molecule has 0 N–H and O–H groups in total. The van der Waals surface area contributed by atoms with Crippen molar-refractivity contribution in [1.29, 1.82) is 0 Å². The second-order valence-electron chi connectivity index (χ2n) is 0.724. The Bertz CT molecular complexity index is 32.7. The van der Waals surface area contributed by atoms with E-state index in [-0.39, 0.29) is 0 Å². The van der Waals surface area contributed by atoms with Gasteiger partial charge in [-0.2, -0.15) is 0 Å². The number of halogens is 2. The number of hydrogen-bond donors (Lipinski definition) is 0. The fourth-order valence-corrected chi connectivity index (χ4v) is 0.0727. The first-order valence-electron chi connectivity index (χ1n) is 1.37. The molecule has 2 radical (unpaired) electrons. The van der Waals surface area contributed by atoms with Crippen molar-refractivity contribution in [2.75, 3.05) is 6.61 Å². The van der Waals surface area contributed by atoms with Crippen molar-refractivity contribution in [3.63, 3.8) is 0 Å². The van der Waals surface area contributed by atoms with Gasteiger partial charge in [0.2, 0.25) is 0 Å². The Kier molecular flexibility index (Phi) is 3.03. The van der Waals surface area contributed by atoms with E-state index in [1.165, 1.54) is 0 Å². The minimum atomic E-state index is -2.45. The first-order chi connectivity index (χ1) is 2.77. The summed E-state index contributed by atoms with van der Waals surface area (Å²) in [6.07, 6.45) is -2.45. The van der Waals surface area contributed by atoms with Gasteiger partial charge in [0.25, 0.3) is 14.5 Å². The number of rotatable bonds is 2. The Morgan fingerprint density at radius 2 is 2.17 bits per heavy atom. The maximum Gasteiger partial charge on any atom is 0.282 e. The van der Waals surface area contributed by atoms with Crippen molar-refractivity contribution in [1.82, 2.24) is 0 Å². The summed E-state index contributed by atoms with van der Waals surface area (Å²) in [5.41, 5.74) is 0. The summed E-state index contributed by atoms with van der Waals surface area (Å²) in [6, 6.07) is 0. The third-order valence-electron chi connectivity index (χ3n) is 0.222. The molecule has 0 fully saturated rings. The van der Waals surface area contributed by atoms with Crippen LogP contribution in [0.15, 0.2) is 0 Å². The highest BCUT2D eigenvalue weighted by atomic mass is 19.3. The lowest BCUT2D eigenvalue weighted by molar-refractivity contribution is 0.0866. The summed E-state index contributed by atoms with van der Waals surface area (Å²) in [5.74, 6) is 0. The van der Waals surface area contributed by atoms with E-state index >= 15 is 0 Å². The van der Waals surface area contributed by atoms with E-state index in [2.05, 4.69) is 12.7 Å². The molecule has 1 nitrogen and oxygen atoms in total. The lowest BCUT2D eigenvalue weighted by Gasteiger charge is -1.91. The van der Waals surface area contributed by atoms with Crippen LogP contribution in [-0.4, -0.2) is 21.1 Å². The van der Waals surface area contributed by atoms with Crippen molar-refractivity contribution in [3.05, 3.63) is 0 Å². The van der Waals surface area contributed by atoms with Crippen LogP contribution in [0.3, 0.4) is 0 Å². The molecule has 0 unspecified atom stereocenters. The van der Waals surface area contributed by atoms with Gasteiger partial charge in [0.1, 0.15) is 0 Å². The average molecular weight is 91.9 g/mol. The fourth-order valence-electron chi connectivity index (χ4n) is 0.0727. The first kappa shape index (κ1) is 5.88. The third-order valence-corrected chi connectivity index (χ3v) is 0.222. The largest absolute Gasteiger partial charge is 0.442 e. The Balaban J connectivity index is 2.63. The second-order valence-corrected chi connectivity index (χ2v) is 0.724. The van der Waals surface area contributed by atoms with Gasteiger partial charge in [-0.1, -0.05) is 0 Å². The van der Waals surface area contributed by atoms with Gasteiger partial charge in [-0.25, -0.2) is 8.78 Å². The van der Waals surface area contributed by atoms with Crippen molar-refractivity contribution < 1.29 is 13.4 Å². The van der Waals surface area contributed by atoms with Gasteiger partial charge in [-0.15, -0.1) is 0 Å². The van der Waals surface area contributed by atoms with E-state index in [0.29, 0.717) is 0 Å². The summed E-state index contributed by atoms with van der Waals surface area (Å²) in [7, 11) is 4.25. The molecule has 0 aliphatic carbocycles. The average Bonchev–Trinajstić information content (AvgIpc) is 1.35. The highest BCUT2D eigenvalue weighted by Crippen LogP contribution is 1.88. The van der Waals surface area contributed by atoms with E-state index in [4.69, 9.17) is 0 Å². The summed E-state index contributed by atoms with van der Waals surface area (Å²) in [6.45, 7) is -0.681. The van der Waals surface area contributed by atoms with Crippen LogP contribution in [0.5, 0.6) is 0 Å². The molecule has 0 aromatic rings. The van der Waals surface area contributed by atoms with Gasteiger partial charge in [0.05, 0.1) is 6.61 Å². The molecule has 0 rings (SSSR count). The molecule has 4 heteroatoms. The van der Waals surface area contributed by atoms with Crippen LogP contribution < -0.4 is 0 Å². The highest BCUT2D eigenvalue weighted by molar-refractivity contribution is 5.97. The molecule has 0 aliphatic rings. The topological polar surface area (TPSA) is 9.23 Å². The van der Waals surface area contributed by atoms with Gasteiger partial charge in [0.15, 0.2) is 0 Å². The Morgan fingerprint density at radius 3 is 2.17 bits per heavy atom. The SMILES string of the molecule is [B]OCC(F)F. The quantitative estimate of drug-likeness (QED) is 0.446. The predicted octanol–water partition coefficient (Wildman–Crippen LogP) is 0.352. The maximum absolute atomic E-state index is 10.8.